The minimum atomic E-state index is -0.558. The van der Waals surface area contributed by atoms with E-state index in [1.54, 1.807) is 31.4 Å². The third-order valence-electron chi connectivity index (χ3n) is 4.88. The molecule has 0 saturated carbocycles. The van der Waals surface area contributed by atoms with E-state index < -0.39 is 11.2 Å². The Labute approximate surface area is 201 Å². The Bertz CT molecular complexity index is 1160. The standard InChI is InChI=1S/C29H32O5/c1-28(2,3)33-26(30)21-15-11-19(12-16-21)23-9-8-10-24(32-7)25(23)20-13-17-22(18-14-20)27(31)34-29(4,5)6/h8-18H,1-7H3. The molecule has 0 aromatic heterocycles. The minimum absolute atomic E-state index is 0.359. The molecule has 0 aliphatic heterocycles. The van der Waals surface area contributed by atoms with Gasteiger partial charge in [-0.05, 0) is 88.6 Å². The lowest BCUT2D eigenvalue weighted by atomic mass is 9.92. The van der Waals surface area contributed by atoms with Gasteiger partial charge in [-0.25, -0.2) is 9.59 Å². The van der Waals surface area contributed by atoms with Crippen LogP contribution < -0.4 is 4.74 Å². The van der Waals surface area contributed by atoms with Gasteiger partial charge in [-0.3, -0.25) is 0 Å². The van der Waals surface area contributed by atoms with E-state index in [-0.39, 0.29) is 11.9 Å². The maximum atomic E-state index is 12.4. The molecular weight excluding hydrogens is 428 g/mol. The van der Waals surface area contributed by atoms with Gasteiger partial charge in [-0.1, -0.05) is 36.4 Å². The van der Waals surface area contributed by atoms with Crippen molar-refractivity contribution in [3.05, 3.63) is 77.9 Å². The smallest absolute Gasteiger partial charge is 0.338 e. The molecule has 34 heavy (non-hydrogen) atoms. The highest BCUT2D eigenvalue weighted by molar-refractivity contribution is 5.93. The van der Waals surface area contributed by atoms with E-state index in [2.05, 4.69) is 0 Å². The Morgan fingerprint density at radius 2 is 1.06 bits per heavy atom. The van der Waals surface area contributed by atoms with Crippen LogP contribution in [0, 0.1) is 0 Å². The normalized spacial score (nSPS) is 11.6. The summed E-state index contributed by atoms with van der Waals surface area (Å²) in [4.78, 5) is 24.8. The van der Waals surface area contributed by atoms with Crippen LogP contribution in [0.1, 0.15) is 62.3 Å². The van der Waals surface area contributed by atoms with E-state index in [9.17, 15) is 9.59 Å². The first-order valence-electron chi connectivity index (χ1n) is 11.2. The highest BCUT2D eigenvalue weighted by Gasteiger charge is 2.20. The summed E-state index contributed by atoms with van der Waals surface area (Å²) in [5.74, 6) is -0.0154. The van der Waals surface area contributed by atoms with Crippen LogP contribution in [0.15, 0.2) is 66.7 Å². The second-order valence-corrected chi connectivity index (χ2v) is 10.0. The summed E-state index contributed by atoms with van der Waals surface area (Å²) in [7, 11) is 1.63. The van der Waals surface area contributed by atoms with E-state index in [4.69, 9.17) is 14.2 Å². The summed E-state index contributed by atoms with van der Waals surface area (Å²) in [6.45, 7) is 11.1. The number of methoxy groups -OCH3 is 1. The minimum Gasteiger partial charge on any atom is -0.496 e. The van der Waals surface area contributed by atoms with Crippen molar-refractivity contribution in [2.75, 3.05) is 7.11 Å². The number of rotatable bonds is 5. The molecule has 0 amide bonds. The van der Waals surface area contributed by atoms with Gasteiger partial charge in [0.25, 0.3) is 0 Å². The summed E-state index contributed by atoms with van der Waals surface area (Å²) in [5, 5.41) is 0. The molecule has 3 aromatic rings. The third-order valence-corrected chi connectivity index (χ3v) is 4.88. The van der Waals surface area contributed by atoms with Crippen LogP contribution in [-0.4, -0.2) is 30.3 Å². The largest absolute Gasteiger partial charge is 0.496 e. The highest BCUT2D eigenvalue weighted by Crippen LogP contribution is 2.39. The molecule has 178 valence electrons. The number of esters is 2. The van der Waals surface area contributed by atoms with Crippen LogP contribution in [0.3, 0.4) is 0 Å². The average Bonchev–Trinajstić information content (AvgIpc) is 2.76. The summed E-state index contributed by atoms with van der Waals surface area (Å²) >= 11 is 0. The van der Waals surface area contributed by atoms with Crippen molar-refractivity contribution in [3.8, 4) is 28.0 Å². The van der Waals surface area contributed by atoms with Crippen LogP contribution in [-0.2, 0) is 9.47 Å². The van der Waals surface area contributed by atoms with Gasteiger partial charge in [0, 0.05) is 5.56 Å². The van der Waals surface area contributed by atoms with Crippen LogP contribution in [0.4, 0.5) is 0 Å². The van der Waals surface area contributed by atoms with E-state index >= 15 is 0 Å². The van der Waals surface area contributed by atoms with E-state index in [0.717, 1.165) is 22.3 Å². The van der Waals surface area contributed by atoms with Crippen molar-refractivity contribution in [3.63, 3.8) is 0 Å². The molecule has 0 atom stereocenters. The Hall–Kier alpha value is -3.60. The molecule has 0 N–H and O–H groups in total. The van der Waals surface area contributed by atoms with Crippen LogP contribution in [0.5, 0.6) is 5.75 Å². The van der Waals surface area contributed by atoms with Gasteiger partial charge in [0.1, 0.15) is 17.0 Å². The molecule has 0 aliphatic rings. The molecule has 0 saturated heterocycles. The van der Waals surface area contributed by atoms with Gasteiger partial charge in [0.15, 0.2) is 0 Å². The zero-order chi connectivity index (χ0) is 25.1. The molecule has 5 nitrogen and oxygen atoms in total. The first kappa shape index (κ1) is 25.0. The Morgan fingerprint density at radius 1 is 0.618 bits per heavy atom. The van der Waals surface area contributed by atoms with E-state index in [0.29, 0.717) is 16.9 Å². The van der Waals surface area contributed by atoms with Crippen molar-refractivity contribution in [1.82, 2.24) is 0 Å². The van der Waals surface area contributed by atoms with Crippen molar-refractivity contribution in [2.24, 2.45) is 0 Å². The fourth-order valence-electron chi connectivity index (χ4n) is 3.47. The van der Waals surface area contributed by atoms with Crippen LogP contribution in [0.25, 0.3) is 22.3 Å². The van der Waals surface area contributed by atoms with Gasteiger partial charge in [0.2, 0.25) is 0 Å². The highest BCUT2D eigenvalue weighted by atomic mass is 16.6. The SMILES string of the molecule is COc1cccc(-c2ccc(C(=O)OC(C)(C)C)cc2)c1-c1ccc(C(=O)OC(C)(C)C)cc1. The fraction of sp³-hybridized carbons (Fsp3) is 0.310. The zero-order valence-electron chi connectivity index (χ0n) is 20.9. The molecule has 0 bridgehead atoms. The molecule has 0 unspecified atom stereocenters. The number of hydrogen-bond acceptors (Lipinski definition) is 5. The molecule has 3 aromatic carbocycles. The van der Waals surface area contributed by atoms with Crippen LogP contribution in [0.2, 0.25) is 0 Å². The van der Waals surface area contributed by atoms with Gasteiger partial charge >= 0.3 is 11.9 Å². The molecule has 0 radical (unpaired) electrons. The van der Waals surface area contributed by atoms with E-state index in [1.165, 1.54) is 0 Å². The molecule has 0 spiro atoms. The number of hydrogen-bond donors (Lipinski definition) is 0. The third kappa shape index (κ3) is 6.25. The fourth-order valence-corrected chi connectivity index (χ4v) is 3.47. The summed E-state index contributed by atoms with van der Waals surface area (Å²) < 4.78 is 16.6. The summed E-state index contributed by atoms with van der Waals surface area (Å²) in [5.41, 5.74) is 3.53. The molecular formula is C29H32O5. The van der Waals surface area contributed by atoms with Gasteiger partial charge in [-0.2, -0.15) is 0 Å². The predicted octanol–water partition coefficient (Wildman–Crippen LogP) is 6.94. The average molecular weight is 461 g/mol. The zero-order valence-corrected chi connectivity index (χ0v) is 20.9. The van der Waals surface area contributed by atoms with Crippen molar-refractivity contribution < 1.29 is 23.8 Å². The molecule has 3 rings (SSSR count). The quantitative estimate of drug-likeness (QED) is 0.386. The molecule has 0 aliphatic carbocycles. The van der Waals surface area contributed by atoms with Crippen molar-refractivity contribution >= 4 is 11.9 Å². The Kier molecular flexibility index (Phi) is 7.15. The Morgan fingerprint density at radius 3 is 1.47 bits per heavy atom. The molecule has 0 fully saturated rings. The van der Waals surface area contributed by atoms with Gasteiger partial charge in [-0.15, -0.1) is 0 Å². The number of benzene rings is 3. The monoisotopic (exact) mass is 460 g/mol. The van der Waals surface area contributed by atoms with E-state index in [1.807, 2.05) is 84.0 Å². The van der Waals surface area contributed by atoms with Gasteiger partial charge in [0.05, 0.1) is 18.2 Å². The number of ether oxygens (including phenoxy) is 3. The first-order chi connectivity index (χ1) is 15.9. The lowest BCUT2D eigenvalue weighted by Gasteiger charge is -2.20. The summed E-state index contributed by atoms with van der Waals surface area (Å²) in [6.07, 6.45) is 0. The second-order valence-electron chi connectivity index (χ2n) is 10.0. The predicted molar refractivity (Wildman–Crippen MR) is 134 cm³/mol. The van der Waals surface area contributed by atoms with Crippen LogP contribution >= 0.6 is 0 Å². The number of carbonyl (C=O) groups is 2. The van der Waals surface area contributed by atoms with Crippen molar-refractivity contribution in [1.29, 1.82) is 0 Å². The topological polar surface area (TPSA) is 61.8 Å². The molecule has 0 heterocycles. The summed E-state index contributed by atoms with van der Waals surface area (Å²) in [6, 6.07) is 20.4. The lowest BCUT2D eigenvalue weighted by Crippen LogP contribution is -2.23. The maximum Gasteiger partial charge on any atom is 0.338 e. The Balaban J connectivity index is 1.97. The second kappa shape index (κ2) is 9.72. The first-order valence-corrected chi connectivity index (χ1v) is 11.2. The lowest BCUT2D eigenvalue weighted by molar-refractivity contribution is 0.00570. The number of carbonyl (C=O) groups excluding carboxylic acids is 2. The van der Waals surface area contributed by atoms with Crippen molar-refractivity contribution in [2.45, 2.75) is 52.7 Å². The maximum absolute atomic E-state index is 12.4. The molecule has 5 heteroatoms. The van der Waals surface area contributed by atoms with Gasteiger partial charge < -0.3 is 14.2 Å².